The van der Waals surface area contributed by atoms with Crippen molar-refractivity contribution in [2.24, 2.45) is 0 Å². The van der Waals surface area contributed by atoms with Crippen LogP contribution in [-0.4, -0.2) is 51.6 Å². The standard InChI is InChI=1S/C16H14Cl2N2O4S/c17-10-5-9(14(22)11(18)7-10)6-12-15(23)20(16(24)25-12)8-13(21)19-3-1-2-4-19/h5-7,22H,1-4,8H2/b12-6-. The van der Waals surface area contributed by atoms with E-state index in [9.17, 15) is 19.5 Å². The van der Waals surface area contributed by atoms with Gasteiger partial charge in [0.25, 0.3) is 11.1 Å². The quantitative estimate of drug-likeness (QED) is 0.786. The highest BCUT2D eigenvalue weighted by Gasteiger charge is 2.37. The van der Waals surface area contributed by atoms with E-state index in [1.165, 1.54) is 18.2 Å². The number of halogens is 2. The molecule has 3 rings (SSSR count). The summed E-state index contributed by atoms with van der Waals surface area (Å²) in [5.41, 5.74) is 0.230. The van der Waals surface area contributed by atoms with Gasteiger partial charge in [0.05, 0.1) is 9.93 Å². The van der Waals surface area contributed by atoms with Crippen molar-refractivity contribution in [3.05, 3.63) is 32.6 Å². The molecule has 132 valence electrons. The number of rotatable bonds is 3. The number of carbonyl (C=O) groups is 3. The highest BCUT2D eigenvalue weighted by atomic mass is 35.5. The lowest BCUT2D eigenvalue weighted by molar-refractivity contribution is -0.135. The van der Waals surface area contributed by atoms with Crippen LogP contribution in [0.4, 0.5) is 4.79 Å². The minimum atomic E-state index is -0.571. The zero-order valence-corrected chi connectivity index (χ0v) is 15.3. The summed E-state index contributed by atoms with van der Waals surface area (Å²) in [7, 11) is 0. The van der Waals surface area contributed by atoms with Crippen LogP contribution in [-0.2, 0) is 9.59 Å². The maximum absolute atomic E-state index is 12.4. The topological polar surface area (TPSA) is 77.9 Å². The van der Waals surface area contributed by atoms with Crippen molar-refractivity contribution in [1.29, 1.82) is 0 Å². The summed E-state index contributed by atoms with van der Waals surface area (Å²) >= 11 is 12.5. The number of imide groups is 1. The fourth-order valence-electron chi connectivity index (χ4n) is 2.68. The van der Waals surface area contributed by atoms with E-state index in [0.717, 1.165) is 17.7 Å². The monoisotopic (exact) mass is 400 g/mol. The number of thioether (sulfide) groups is 1. The number of phenolic OH excluding ortho intramolecular Hbond substituents is 1. The molecule has 1 N–H and O–H groups in total. The van der Waals surface area contributed by atoms with Crippen LogP contribution >= 0.6 is 35.0 Å². The molecule has 2 fully saturated rings. The molecule has 3 amide bonds. The Bertz CT molecular complexity index is 791. The molecule has 0 bridgehead atoms. The van der Waals surface area contributed by atoms with E-state index in [4.69, 9.17) is 23.2 Å². The minimum absolute atomic E-state index is 0.0437. The van der Waals surface area contributed by atoms with Crippen molar-refractivity contribution in [3.8, 4) is 5.75 Å². The minimum Gasteiger partial charge on any atom is -0.506 e. The summed E-state index contributed by atoms with van der Waals surface area (Å²) in [5.74, 6) is -1.04. The predicted molar refractivity (Wildman–Crippen MR) is 96.6 cm³/mol. The molecule has 0 radical (unpaired) electrons. The zero-order chi connectivity index (χ0) is 18.1. The summed E-state index contributed by atoms with van der Waals surface area (Å²) in [6, 6.07) is 2.81. The average molecular weight is 401 g/mol. The van der Waals surface area contributed by atoms with Crippen LogP contribution in [0.25, 0.3) is 6.08 Å². The Labute approximate surface area is 158 Å². The maximum Gasteiger partial charge on any atom is 0.294 e. The van der Waals surface area contributed by atoms with Gasteiger partial charge in [0, 0.05) is 23.7 Å². The molecular formula is C16H14Cl2N2O4S. The number of phenols is 1. The lowest BCUT2D eigenvalue weighted by atomic mass is 10.2. The molecule has 1 aromatic rings. The Hall–Kier alpha value is -1.70. The second-order valence-electron chi connectivity index (χ2n) is 5.68. The predicted octanol–water partition coefficient (Wildman–Crippen LogP) is 3.36. The van der Waals surface area contributed by atoms with E-state index in [2.05, 4.69) is 0 Å². The Morgan fingerprint density at radius 2 is 1.92 bits per heavy atom. The SMILES string of the molecule is O=C(CN1C(=O)S/C(=C\c2cc(Cl)cc(Cl)c2O)C1=O)N1CCCC1. The molecule has 2 aliphatic rings. The van der Waals surface area contributed by atoms with Crippen LogP contribution in [0, 0.1) is 0 Å². The number of aromatic hydroxyl groups is 1. The van der Waals surface area contributed by atoms with Gasteiger partial charge in [-0.15, -0.1) is 0 Å². The van der Waals surface area contributed by atoms with Gasteiger partial charge in [-0.3, -0.25) is 19.3 Å². The van der Waals surface area contributed by atoms with Gasteiger partial charge in [0.2, 0.25) is 5.91 Å². The fourth-order valence-corrected chi connectivity index (χ4v) is 4.01. The molecule has 0 atom stereocenters. The summed E-state index contributed by atoms with van der Waals surface area (Å²) in [6.07, 6.45) is 3.21. The first-order valence-electron chi connectivity index (χ1n) is 7.58. The number of carbonyl (C=O) groups excluding carboxylic acids is 3. The first kappa shape index (κ1) is 18.1. The summed E-state index contributed by atoms with van der Waals surface area (Å²) in [5, 5.41) is 9.79. The third-order valence-corrected chi connectivity index (χ3v) is 5.38. The zero-order valence-electron chi connectivity index (χ0n) is 13.0. The number of nitrogens with zero attached hydrogens (tertiary/aromatic N) is 2. The summed E-state index contributed by atoms with van der Waals surface area (Å²) < 4.78 is 0. The molecule has 0 aromatic heterocycles. The molecule has 0 aliphatic carbocycles. The van der Waals surface area contributed by atoms with E-state index >= 15 is 0 Å². The summed E-state index contributed by atoms with van der Waals surface area (Å²) in [6.45, 7) is 1.03. The van der Waals surface area contributed by atoms with E-state index < -0.39 is 11.1 Å². The smallest absolute Gasteiger partial charge is 0.294 e. The van der Waals surface area contributed by atoms with E-state index in [-0.39, 0.29) is 38.7 Å². The van der Waals surface area contributed by atoms with Gasteiger partial charge in [0.1, 0.15) is 12.3 Å². The second kappa shape index (κ2) is 7.27. The number of hydrogen-bond acceptors (Lipinski definition) is 5. The molecular weight excluding hydrogens is 387 g/mol. The van der Waals surface area contributed by atoms with Crippen molar-refractivity contribution >= 4 is 58.1 Å². The van der Waals surface area contributed by atoms with Gasteiger partial charge >= 0.3 is 0 Å². The normalized spacial score (nSPS) is 19.4. The third-order valence-electron chi connectivity index (χ3n) is 3.97. The van der Waals surface area contributed by atoms with Crippen LogP contribution in [0.1, 0.15) is 18.4 Å². The van der Waals surface area contributed by atoms with Crippen LogP contribution in [0.3, 0.4) is 0 Å². The molecule has 2 heterocycles. The van der Waals surface area contributed by atoms with Crippen molar-refractivity contribution in [3.63, 3.8) is 0 Å². The molecule has 0 saturated carbocycles. The maximum atomic E-state index is 12.4. The Morgan fingerprint density at radius 1 is 1.24 bits per heavy atom. The Kier molecular flexibility index (Phi) is 5.27. The highest BCUT2D eigenvalue weighted by Crippen LogP contribution is 2.37. The lowest BCUT2D eigenvalue weighted by Crippen LogP contribution is -2.40. The largest absolute Gasteiger partial charge is 0.506 e. The highest BCUT2D eigenvalue weighted by molar-refractivity contribution is 8.18. The van der Waals surface area contributed by atoms with Gasteiger partial charge < -0.3 is 10.0 Å². The van der Waals surface area contributed by atoms with Crippen molar-refractivity contribution in [1.82, 2.24) is 9.80 Å². The van der Waals surface area contributed by atoms with Crippen molar-refractivity contribution < 1.29 is 19.5 Å². The second-order valence-corrected chi connectivity index (χ2v) is 7.52. The number of amides is 3. The first-order valence-corrected chi connectivity index (χ1v) is 9.15. The molecule has 6 nitrogen and oxygen atoms in total. The molecule has 1 aromatic carbocycles. The van der Waals surface area contributed by atoms with Crippen LogP contribution in [0.15, 0.2) is 17.0 Å². The number of benzene rings is 1. The molecule has 0 spiro atoms. The lowest BCUT2D eigenvalue weighted by Gasteiger charge is -2.18. The molecule has 9 heteroatoms. The van der Waals surface area contributed by atoms with Crippen molar-refractivity contribution in [2.75, 3.05) is 19.6 Å². The van der Waals surface area contributed by atoms with Crippen LogP contribution in [0.2, 0.25) is 10.0 Å². The van der Waals surface area contributed by atoms with Crippen molar-refractivity contribution in [2.45, 2.75) is 12.8 Å². The number of hydrogen-bond donors (Lipinski definition) is 1. The van der Waals surface area contributed by atoms with E-state index in [1.807, 2.05) is 0 Å². The first-order chi connectivity index (χ1) is 11.9. The van der Waals surface area contributed by atoms with Gasteiger partial charge in [-0.1, -0.05) is 23.2 Å². The molecule has 2 saturated heterocycles. The fraction of sp³-hybridized carbons (Fsp3) is 0.312. The van der Waals surface area contributed by atoms with Crippen LogP contribution in [0.5, 0.6) is 5.75 Å². The van der Waals surface area contributed by atoms with Crippen LogP contribution < -0.4 is 0 Å². The summed E-state index contributed by atoms with van der Waals surface area (Å²) in [4.78, 5) is 39.4. The molecule has 0 unspecified atom stereocenters. The average Bonchev–Trinajstić information content (AvgIpc) is 3.17. The Balaban J connectivity index is 1.80. The Morgan fingerprint density at radius 3 is 2.60 bits per heavy atom. The molecule has 2 aliphatic heterocycles. The van der Waals surface area contributed by atoms with E-state index in [0.29, 0.717) is 24.9 Å². The third kappa shape index (κ3) is 3.78. The van der Waals surface area contributed by atoms with E-state index in [1.54, 1.807) is 4.90 Å². The number of likely N-dealkylation sites (tertiary alicyclic amines) is 1. The van der Waals surface area contributed by atoms with Gasteiger partial charge in [0.15, 0.2) is 0 Å². The molecule has 25 heavy (non-hydrogen) atoms. The van der Waals surface area contributed by atoms with Gasteiger partial charge in [-0.25, -0.2) is 0 Å². The van der Waals surface area contributed by atoms with Gasteiger partial charge in [-0.05, 0) is 42.8 Å². The van der Waals surface area contributed by atoms with Gasteiger partial charge in [-0.2, -0.15) is 0 Å².